The van der Waals surface area contributed by atoms with Crippen molar-refractivity contribution in [3.8, 4) is 0 Å². The normalized spacial score (nSPS) is 21.6. The predicted molar refractivity (Wildman–Crippen MR) is 86.2 cm³/mol. The van der Waals surface area contributed by atoms with E-state index in [1.54, 1.807) is 23.2 Å². The van der Waals surface area contributed by atoms with Crippen LogP contribution in [0.5, 0.6) is 0 Å². The molecule has 0 amide bonds. The molecule has 7 nitrogen and oxygen atoms in total. The first-order chi connectivity index (χ1) is 11.3. The van der Waals surface area contributed by atoms with Gasteiger partial charge in [-0.15, -0.1) is 0 Å². The van der Waals surface area contributed by atoms with Crippen molar-refractivity contribution in [1.82, 2.24) is 30.1 Å². The summed E-state index contributed by atoms with van der Waals surface area (Å²) in [6.07, 6.45) is 7.24. The van der Waals surface area contributed by atoms with Crippen molar-refractivity contribution in [1.29, 1.82) is 0 Å². The Morgan fingerprint density at radius 1 is 1.22 bits per heavy atom. The molecule has 1 saturated heterocycles. The molecule has 1 aliphatic rings. The number of morpholine rings is 1. The molecule has 0 radical (unpaired) electrons. The van der Waals surface area contributed by atoms with Crippen LogP contribution in [0.2, 0.25) is 0 Å². The Morgan fingerprint density at radius 3 is 2.87 bits per heavy atom. The summed E-state index contributed by atoms with van der Waals surface area (Å²) < 4.78 is 7.71. The van der Waals surface area contributed by atoms with Gasteiger partial charge in [0, 0.05) is 24.5 Å². The zero-order chi connectivity index (χ0) is 15.6. The number of fused-ring (bicyclic) bond motifs is 1. The van der Waals surface area contributed by atoms with Crippen LogP contribution in [0, 0.1) is 0 Å². The molecule has 2 atom stereocenters. The van der Waals surface area contributed by atoms with E-state index in [-0.39, 0.29) is 12.1 Å². The molecule has 3 aromatic rings. The third kappa shape index (κ3) is 2.80. The number of thioether (sulfide) groups is 1. The van der Waals surface area contributed by atoms with Crippen LogP contribution in [0.25, 0.3) is 5.52 Å². The third-order valence-electron chi connectivity index (χ3n) is 3.91. The van der Waals surface area contributed by atoms with Gasteiger partial charge >= 0.3 is 0 Å². The predicted octanol–water partition coefficient (Wildman–Crippen LogP) is 1.64. The second kappa shape index (κ2) is 6.23. The molecule has 1 N–H and O–H groups in total. The summed E-state index contributed by atoms with van der Waals surface area (Å²) >= 11 is 1.54. The Hall–Kier alpha value is -2.03. The SMILES string of the molecule is CSc1nccc(C2COC(c3ccnn4nccc34)CN2)n1. The van der Waals surface area contributed by atoms with Crippen molar-refractivity contribution < 1.29 is 4.74 Å². The van der Waals surface area contributed by atoms with E-state index in [1.165, 1.54) is 11.8 Å². The van der Waals surface area contributed by atoms with Gasteiger partial charge in [0.15, 0.2) is 5.16 Å². The highest BCUT2D eigenvalue weighted by Crippen LogP contribution is 2.27. The number of nitrogens with one attached hydrogen (secondary N) is 1. The van der Waals surface area contributed by atoms with E-state index in [2.05, 4.69) is 25.5 Å². The Labute approximate surface area is 137 Å². The molecular weight excluding hydrogens is 312 g/mol. The molecule has 0 aromatic carbocycles. The average Bonchev–Trinajstić information content (AvgIpc) is 3.11. The van der Waals surface area contributed by atoms with E-state index >= 15 is 0 Å². The highest BCUT2D eigenvalue weighted by molar-refractivity contribution is 7.98. The molecule has 0 spiro atoms. The van der Waals surface area contributed by atoms with Crippen LogP contribution in [0.1, 0.15) is 23.4 Å². The minimum Gasteiger partial charge on any atom is -0.370 e. The molecule has 3 aromatic heterocycles. The summed E-state index contributed by atoms with van der Waals surface area (Å²) in [6, 6.07) is 5.96. The monoisotopic (exact) mass is 328 g/mol. The lowest BCUT2D eigenvalue weighted by Crippen LogP contribution is -2.37. The van der Waals surface area contributed by atoms with Gasteiger partial charge in [0.05, 0.1) is 36.2 Å². The first-order valence-electron chi connectivity index (χ1n) is 7.36. The molecule has 1 aliphatic heterocycles. The summed E-state index contributed by atoms with van der Waals surface area (Å²) in [5, 5.41) is 12.7. The second-order valence-corrected chi connectivity index (χ2v) is 6.02. The van der Waals surface area contributed by atoms with E-state index < -0.39 is 0 Å². The van der Waals surface area contributed by atoms with Crippen LogP contribution in [-0.4, -0.2) is 44.2 Å². The lowest BCUT2D eigenvalue weighted by Gasteiger charge is -2.30. The minimum absolute atomic E-state index is 0.0182. The van der Waals surface area contributed by atoms with Gasteiger partial charge in [0.1, 0.15) is 0 Å². The molecular formula is C15H16N6OS. The number of nitrogens with zero attached hydrogens (tertiary/aromatic N) is 5. The zero-order valence-electron chi connectivity index (χ0n) is 12.6. The van der Waals surface area contributed by atoms with Crippen molar-refractivity contribution >= 4 is 17.3 Å². The van der Waals surface area contributed by atoms with Crippen molar-refractivity contribution in [3.63, 3.8) is 0 Å². The van der Waals surface area contributed by atoms with Crippen LogP contribution in [0.4, 0.5) is 0 Å². The van der Waals surface area contributed by atoms with Crippen LogP contribution in [0.3, 0.4) is 0 Å². The molecule has 0 aliphatic carbocycles. The van der Waals surface area contributed by atoms with E-state index in [9.17, 15) is 0 Å². The first-order valence-corrected chi connectivity index (χ1v) is 8.58. The molecule has 118 valence electrons. The second-order valence-electron chi connectivity index (χ2n) is 5.24. The highest BCUT2D eigenvalue weighted by atomic mass is 32.2. The number of aromatic nitrogens is 5. The smallest absolute Gasteiger partial charge is 0.187 e. The molecule has 0 bridgehead atoms. The van der Waals surface area contributed by atoms with Crippen LogP contribution in [-0.2, 0) is 4.74 Å². The van der Waals surface area contributed by atoms with Crippen molar-refractivity contribution in [3.05, 3.63) is 48.0 Å². The van der Waals surface area contributed by atoms with Crippen molar-refractivity contribution in [2.45, 2.75) is 17.3 Å². The molecule has 1 fully saturated rings. The maximum Gasteiger partial charge on any atom is 0.187 e. The summed E-state index contributed by atoms with van der Waals surface area (Å²) in [4.78, 5) is 8.75. The van der Waals surface area contributed by atoms with Gasteiger partial charge in [-0.2, -0.15) is 14.8 Å². The summed E-state index contributed by atoms with van der Waals surface area (Å²) in [7, 11) is 0. The number of hydrogen-bond acceptors (Lipinski definition) is 7. The fraction of sp³-hybridized carbons (Fsp3) is 0.333. The number of hydrogen-bond donors (Lipinski definition) is 1. The molecule has 8 heteroatoms. The quantitative estimate of drug-likeness (QED) is 0.578. The van der Waals surface area contributed by atoms with E-state index in [1.807, 2.05) is 24.5 Å². The molecule has 4 heterocycles. The topological polar surface area (TPSA) is 77.2 Å². The Balaban J connectivity index is 1.51. The summed E-state index contributed by atoms with van der Waals surface area (Å²) in [5.74, 6) is 0. The Morgan fingerprint density at radius 2 is 2.09 bits per heavy atom. The molecule has 2 unspecified atom stereocenters. The standard InChI is InChI=1S/C15H16N6OS/c1-23-15-16-5-3-11(20-15)12-9-22-14(8-17-12)10-2-6-18-21-13(10)4-7-19-21/h2-7,12,14,17H,8-9H2,1H3. The van der Waals surface area contributed by atoms with Gasteiger partial charge in [-0.25, -0.2) is 9.97 Å². The third-order valence-corrected chi connectivity index (χ3v) is 4.47. The van der Waals surface area contributed by atoms with Gasteiger partial charge in [-0.3, -0.25) is 0 Å². The summed E-state index contributed by atoms with van der Waals surface area (Å²) in [6.45, 7) is 1.28. The van der Waals surface area contributed by atoms with Crippen LogP contribution >= 0.6 is 11.8 Å². The molecule has 0 saturated carbocycles. The van der Waals surface area contributed by atoms with Gasteiger partial charge in [0.2, 0.25) is 0 Å². The van der Waals surface area contributed by atoms with E-state index in [4.69, 9.17) is 4.74 Å². The van der Waals surface area contributed by atoms with Gasteiger partial charge in [0.25, 0.3) is 0 Å². The first kappa shape index (κ1) is 14.6. The Bertz CT molecular complexity index is 814. The van der Waals surface area contributed by atoms with Crippen LogP contribution < -0.4 is 5.32 Å². The van der Waals surface area contributed by atoms with Gasteiger partial charge in [-0.05, 0) is 24.5 Å². The maximum absolute atomic E-state index is 6.08. The largest absolute Gasteiger partial charge is 0.370 e. The maximum atomic E-state index is 6.08. The van der Waals surface area contributed by atoms with E-state index in [0.29, 0.717) is 13.2 Å². The Kier molecular flexibility index (Phi) is 3.94. The fourth-order valence-electron chi connectivity index (χ4n) is 2.75. The van der Waals surface area contributed by atoms with Crippen molar-refractivity contribution in [2.75, 3.05) is 19.4 Å². The minimum atomic E-state index is -0.0182. The highest BCUT2D eigenvalue weighted by Gasteiger charge is 2.26. The van der Waals surface area contributed by atoms with Gasteiger partial charge in [-0.1, -0.05) is 11.8 Å². The van der Waals surface area contributed by atoms with E-state index in [0.717, 1.165) is 21.9 Å². The van der Waals surface area contributed by atoms with Crippen LogP contribution in [0.15, 0.2) is 41.9 Å². The zero-order valence-corrected chi connectivity index (χ0v) is 13.4. The molecule has 23 heavy (non-hydrogen) atoms. The lowest BCUT2D eigenvalue weighted by molar-refractivity contribution is 0.00188. The summed E-state index contributed by atoms with van der Waals surface area (Å²) in [5.41, 5.74) is 3.03. The number of ether oxygens (including phenoxy) is 1. The van der Waals surface area contributed by atoms with Gasteiger partial charge < -0.3 is 10.1 Å². The number of rotatable bonds is 3. The van der Waals surface area contributed by atoms with Crippen molar-refractivity contribution in [2.24, 2.45) is 0 Å². The fourth-order valence-corrected chi connectivity index (χ4v) is 3.11. The lowest BCUT2D eigenvalue weighted by atomic mass is 10.1. The average molecular weight is 328 g/mol. The molecule has 4 rings (SSSR count).